The van der Waals surface area contributed by atoms with E-state index in [1.807, 2.05) is 56.3 Å². The molecule has 4 aliphatic carbocycles. The minimum absolute atomic E-state index is 0. The molecule has 10 atom stereocenters. The van der Waals surface area contributed by atoms with E-state index in [0.29, 0.717) is 5.69 Å². The number of aliphatic hydroxyl groups excluding tert-OH is 2. The predicted octanol–water partition coefficient (Wildman–Crippen LogP) is 4.93. The summed E-state index contributed by atoms with van der Waals surface area (Å²) < 4.78 is 43.8. The number of carbonyl (C=O) groups excluding carboxylic acids is 4. The summed E-state index contributed by atoms with van der Waals surface area (Å²) in [5, 5.41) is 26.1. The number of fused-ring (bicyclic) bond motifs is 7. The zero-order valence-electron chi connectivity index (χ0n) is 32.0. The molecule has 306 valence electrons. The first-order valence-corrected chi connectivity index (χ1v) is 18.9. The largest absolute Gasteiger partial charge is 0.390 e. The minimum Gasteiger partial charge on any atom is -0.390 e. The van der Waals surface area contributed by atoms with Crippen molar-refractivity contribution in [2.75, 3.05) is 25.3 Å². The molecule has 1 aliphatic heterocycles. The summed E-state index contributed by atoms with van der Waals surface area (Å²) in [4.78, 5) is 47.9. The number of rotatable bonds is 8. The molecule has 0 radical (unpaired) electrons. The van der Waals surface area contributed by atoms with E-state index in [4.69, 9.17) is 15.2 Å². The fourth-order valence-electron chi connectivity index (χ4n) is 9.65. The lowest BCUT2D eigenvalue weighted by Crippen LogP contribution is -2.70. The Morgan fingerprint density at radius 2 is 1.71 bits per heavy atom. The zero-order valence-corrected chi connectivity index (χ0v) is 32.0. The molecule has 13 heteroatoms. The second kappa shape index (κ2) is 17.6. The summed E-state index contributed by atoms with van der Waals surface area (Å²) in [5.41, 5.74) is 2.29. The molecule has 1 heterocycles. The number of amides is 2. The molecule has 0 bridgehead atoms. The van der Waals surface area contributed by atoms with Gasteiger partial charge in [0, 0.05) is 22.4 Å². The van der Waals surface area contributed by atoms with Crippen LogP contribution in [0, 0.1) is 22.7 Å². The molecule has 5 aliphatic rings. The second-order valence-corrected chi connectivity index (χ2v) is 15.2. The average Bonchev–Trinajstić information content (AvgIpc) is 3.70. The lowest BCUT2D eigenvalue weighted by molar-refractivity contribution is -0.226. The molecule has 11 nitrogen and oxygen atoms in total. The highest BCUT2D eigenvalue weighted by molar-refractivity contribution is 6.01. The molecule has 7 unspecified atom stereocenters. The standard InChI is InChI=1S/C22H26F2O6.C18H21N3O2.C2H6.CH4/c1-19-4-3-11(26)5-14(19)15(23)6-13-12-7-18-22(17(28)9-25,30-10-29-18)20(12,2)8-16(27)21(13,19)24;1-13(19)18(23)20-12-17(22)21-16-9-5-8-15(11-16)10-14-6-3-2-4-7-14;1-2;/h3-5,12-13,15-16,18,25,27H,6-10H2,1-2H3;2-9,11,13H,10,12,19H2,1H3,(H,20,23)(H,21,22);1-2H3;1H4/t12?,13?,15-,16?,18?,19?,20?,21-,22+;;;/m0.../s1. The summed E-state index contributed by atoms with van der Waals surface area (Å²) in [5.74, 6) is -3.01. The summed E-state index contributed by atoms with van der Waals surface area (Å²) >= 11 is 0. The van der Waals surface area contributed by atoms with E-state index in [1.165, 1.54) is 24.6 Å². The average molecular weight is 782 g/mol. The Bertz CT molecular complexity index is 1820. The van der Waals surface area contributed by atoms with E-state index in [9.17, 15) is 29.4 Å². The van der Waals surface area contributed by atoms with E-state index in [1.54, 1.807) is 13.8 Å². The van der Waals surface area contributed by atoms with Gasteiger partial charge in [0.05, 0.1) is 24.8 Å². The van der Waals surface area contributed by atoms with Crippen molar-refractivity contribution in [1.29, 1.82) is 0 Å². The van der Waals surface area contributed by atoms with Crippen LogP contribution in [0.3, 0.4) is 0 Å². The van der Waals surface area contributed by atoms with Gasteiger partial charge in [-0.15, -0.1) is 0 Å². The SMILES string of the molecule is C.CC.CC(N)C(=O)NCC(=O)Nc1cccc(Cc2ccccc2)c1.CC12C=CC(=O)C=C1[C@@H](F)CC1C3CC4OCO[C@@]4(C(=O)CO)C3(C)CC(O)[C@@]12F. The Balaban J connectivity index is 0.000000242. The minimum atomic E-state index is -2.22. The molecule has 2 aromatic rings. The number of allylic oxidation sites excluding steroid dienone is 4. The number of halogens is 2. The molecular formula is C43H57F2N3O8. The molecule has 2 aromatic carbocycles. The van der Waals surface area contributed by atoms with E-state index < -0.39 is 76.5 Å². The fraction of sp³-hybridized carbons (Fsp3) is 0.535. The van der Waals surface area contributed by atoms with Crippen LogP contribution in [0.2, 0.25) is 0 Å². The molecule has 56 heavy (non-hydrogen) atoms. The number of ketones is 2. The number of carbonyl (C=O) groups is 4. The van der Waals surface area contributed by atoms with Crippen LogP contribution in [-0.2, 0) is 35.1 Å². The van der Waals surface area contributed by atoms with Gasteiger partial charge in [-0.1, -0.05) is 76.7 Å². The number of benzene rings is 2. The second-order valence-electron chi connectivity index (χ2n) is 15.2. The van der Waals surface area contributed by atoms with Crippen LogP contribution in [0.5, 0.6) is 0 Å². The van der Waals surface area contributed by atoms with Crippen molar-refractivity contribution in [2.45, 2.75) is 103 Å². The first kappa shape index (κ1) is 44.6. The molecule has 7 rings (SSSR count). The summed E-state index contributed by atoms with van der Waals surface area (Å²) in [6, 6.07) is 17.1. The van der Waals surface area contributed by atoms with Crippen molar-refractivity contribution < 1.29 is 47.6 Å². The van der Waals surface area contributed by atoms with Gasteiger partial charge in [0.25, 0.3) is 0 Å². The highest BCUT2D eigenvalue weighted by atomic mass is 19.1. The summed E-state index contributed by atoms with van der Waals surface area (Å²) in [6.45, 7) is 7.88. The summed E-state index contributed by atoms with van der Waals surface area (Å²) in [7, 11) is 0. The third-order valence-electron chi connectivity index (χ3n) is 12.2. The van der Waals surface area contributed by atoms with Gasteiger partial charge in [0.15, 0.2) is 22.8 Å². The number of hydrogen-bond acceptors (Lipinski definition) is 9. The van der Waals surface area contributed by atoms with Gasteiger partial charge in [0.2, 0.25) is 11.8 Å². The molecule has 1 saturated heterocycles. The first-order valence-electron chi connectivity index (χ1n) is 18.9. The molecule has 0 spiro atoms. The van der Waals surface area contributed by atoms with E-state index >= 15 is 8.78 Å². The monoisotopic (exact) mass is 781 g/mol. The highest BCUT2D eigenvalue weighted by Crippen LogP contribution is 2.71. The lowest BCUT2D eigenvalue weighted by atomic mass is 9.44. The Hall–Kier alpha value is -4.14. The van der Waals surface area contributed by atoms with Crippen LogP contribution in [0.1, 0.15) is 72.4 Å². The normalized spacial score (nSPS) is 33.9. The maximum atomic E-state index is 17.0. The zero-order chi connectivity index (χ0) is 40.3. The number of ether oxygens (including phenoxy) is 2. The maximum Gasteiger partial charge on any atom is 0.243 e. The molecule has 3 saturated carbocycles. The summed E-state index contributed by atoms with van der Waals surface area (Å²) in [6.07, 6.45) is 0.779. The topological polar surface area (TPSA) is 177 Å². The van der Waals surface area contributed by atoms with Crippen molar-refractivity contribution in [3.8, 4) is 0 Å². The van der Waals surface area contributed by atoms with Crippen LogP contribution in [0.4, 0.5) is 14.5 Å². The van der Waals surface area contributed by atoms with Gasteiger partial charge in [0.1, 0.15) is 19.6 Å². The van der Waals surface area contributed by atoms with Crippen LogP contribution in [-0.4, -0.2) is 89.2 Å². The molecule has 0 aromatic heterocycles. The van der Waals surface area contributed by atoms with Crippen LogP contribution in [0.15, 0.2) is 78.4 Å². The fourth-order valence-corrected chi connectivity index (χ4v) is 9.65. The third-order valence-corrected chi connectivity index (χ3v) is 12.2. The van der Waals surface area contributed by atoms with Crippen molar-refractivity contribution in [3.63, 3.8) is 0 Å². The number of Topliss-reactive ketones (excluding diaryl/α,β-unsaturated/α-hetero) is 1. The lowest BCUT2D eigenvalue weighted by Gasteiger charge is -2.63. The van der Waals surface area contributed by atoms with E-state index in [2.05, 4.69) is 22.8 Å². The van der Waals surface area contributed by atoms with Crippen molar-refractivity contribution in [1.82, 2.24) is 5.32 Å². The smallest absolute Gasteiger partial charge is 0.243 e. The van der Waals surface area contributed by atoms with Gasteiger partial charge < -0.3 is 36.1 Å². The van der Waals surface area contributed by atoms with Gasteiger partial charge in [-0.25, -0.2) is 8.78 Å². The van der Waals surface area contributed by atoms with E-state index in [-0.39, 0.29) is 57.4 Å². The van der Waals surface area contributed by atoms with Crippen molar-refractivity contribution in [3.05, 3.63) is 89.5 Å². The van der Waals surface area contributed by atoms with Gasteiger partial charge >= 0.3 is 0 Å². The quantitative estimate of drug-likeness (QED) is 0.249. The van der Waals surface area contributed by atoms with Crippen molar-refractivity contribution >= 4 is 29.1 Å². The highest BCUT2D eigenvalue weighted by Gasteiger charge is 2.79. The predicted molar refractivity (Wildman–Crippen MR) is 209 cm³/mol. The van der Waals surface area contributed by atoms with Gasteiger partial charge in [-0.3, -0.25) is 19.2 Å². The first-order chi connectivity index (χ1) is 26.1. The Morgan fingerprint density at radius 1 is 1.04 bits per heavy atom. The van der Waals surface area contributed by atoms with Crippen molar-refractivity contribution in [2.24, 2.45) is 28.4 Å². The number of nitrogens with two attached hydrogens (primary N) is 1. The molecule has 6 N–H and O–H groups in total. The maximum absolute atomic E-state index is 17.0. The van der Waals surface area contributed by atoms with Crippen LogP contribution in [0.25, 0.3) is 0 Å². The molecule has 4 fully saturated rings. The van der Waals surface area contributed by atoms with E-state index in [0.717, 1.165) is 18.1 Å². The Labute approximate surface area is 328 Å². The Morgan fingerprint density at radius 3 is 2.38 bits per heavy atom. The molecular weight excluding hydrogens is 724 g/mol. The number of alkyl halides is 2. The Kier molecular flexibility index (Phi) is 14.0. The van der Waals surface area contributed by atoms with Gasteiger partial charge in [-0.2, -0.15) is 0 Å². The third kappa shape index (κ3) is 7.64. The van der Waals surface area contributed by atoms with Gasteiger partial charge in [-0.05, 0) is 86.4 Å². The number of aliphatic hydroxyl groups is 2. The number of nitrogens with one attached hydrogen (secondary N) is 2. The van der Waals surface area contributed by atoms with Crippen LogP contribution >= 0.6 is 0 Å². The number of hydrogen-bond donors (Lipinski definition) is 5. The number of anilines is 1. The van der Waals surface area contributed by atoms with Crippen LogP contribution < -0.4 is 16.4 Å². The molecule has 2 amide bonds.